The largest absolute Gasteiger partial charge is 0.489 e. The molecule has 1 aliphatic carbocycles. The highest BCUT2D eigenvalue weighted by molar-refractivity contribution is 6.00. The van der Waals surface area contributed by atoms with Crippen LogP contribution in [0.2, 0.25) is 0 Å². The van der Waals surface area contributed by atoms with Crippen LogP contribution in [0.1, 0.15) is 47.3 Å². The molecule has 2 aromatic carbocycles. The average molecular weight is 336 g/mol. The number of benzene rings is 2. The number of carbonyl (C=O) groups excluding carboxylic acids is 1. The lowest BCUT2D eigenvalue weighted by atomic mass is 10.0. The van der Waals surface area contributed by atoms with Gasteiger partial charge in [0.05, 0.1) is 11.8 Å². The van der Waals surface area contributed by atoms with E-state index in [4.69, 9.17) is 10.5 Å². The fourth-order valence-corrected chi connectivity index (χ4v) is 3.23. The van der Waals surface area contributed by atoms with E-state index in [2.05, 4.69) is 18.0 Å². The number of nitrogen functional groups attached to an aromatic ring is 1. The molecule has 25 heavy (non-hydrogen) atoms. The SMILES string of the molecule is C=C(NC(=O)c1ccc(OC(C)C)c(N)c1)c1cccc2c1CCC2. The van der Waals surface area contributed by atoms with Crippen molar-refractivity contribution < 1.29 is 9.53 Å². The summed E-state index contributed by atoms with van der Waals surface area (Å²) < 4.78 is 5.61. The van der Waals surface area contributed by atoms with Crippen molar-refractivity contribution in [1.29, 1.82) is 0 Å². The Kier molecular flexibility index (Phi) is 4.79. The van der Waals surface area contributed by atoms with E-state index in [-0.39, 0.29) is 12.0 Å². The molecule has 0 bridgehead atoms. The lowest BCUT2D eigenvalue weighted by Crippen LogP contribution is -2.22. The molecular formula is C21H24N2O2. The molecular weight excluding hydrogens is 312 g/mol. The molecule has 3 rings (SSSR count). The minimum absolute atomic E-state index is 0.0296. The minimum atomic E-state index is -0.219. The maximum atomic E-state index is 12.5. The van der Waals surface area contributed by atoms with E-state index in [0.717, 1.165) is 24.8 Å². The van der Waals surface area contributed by atoms with Gasteiger partial charge in [-0.05, 0) is 62.4 Å². The maximum absolute atomic E-state index is 12.5. The second-order valence-corrected chi connectivity index (χ2v) is 6.65. The van der Waals surface area contributed by atoms with Crippen LogP contribution in [-0.4, -0.2) is 12.0 Å². The van der Waals surface area contributed by atoms with Crippen molar-refractivity contribution in [1.82, 2.24) is 5.32 Å². The molecule has 0 fully saturated rings. The smallest absolute Gasteiger partial charge is 0.255 e. The van der Waals surface area contributed by atoms with Gasteiger partial charge in [-0.2, -0.15) is 0 Å². The predicted octanol–water partition coefficient (Wildman–Crippen LogP) is 3.95. The van der Waals surface area contributed by atoms with Crippen LogP contribution in [0, 0.1) is 0 Å². The molecule has 0 atom stereocenters. The fraction of sp³-hybridized carbons (Fsp3) is 0.286. The zero-order chi connectivity index (χ0) is 18.0. The van der Waals surface area contributed by atoms with Gasteiger partial charge in [0.25, 0.3) is 5.91 Å². The maximum Gasteiger partial charge on any atom is 0.255 e. The number of hydrogen-bond acceptors (Lipinski definition) is 3. The Balaban J connectivity index is 1.75. The first-order valence-corrected chi connectivity index (χ1v) is 8.63. The summed E-state index contributed by atoms with van der Waals surface area (Å²) in [6, 6.07) is 11.3. The van der Waals surface area contributed by atoms with Gasteiger partial charge in [-0.3, -0.25) is 4.79 Å². The number of nitrogens with one attached hydrogen (secondary N) is 1. The van der Waals surface area contributed by atoms with Gasteiger partial charge >= 0.3 is 0 Å². The molecule has 2 aromatic rings. The zero-order valence-electron chi connectivity index (χ0n) is 14.8. The minimum Gasteiger partial charge on any atom is -0.489 e. The average Bonchev–Trinajstić information content (AvgIpc) is 3.04. The van der Waals surface area contributed by atoms with E-state index in [0.29, 0.717) is 22.7 Å². The van der Waals surface area contributed by atoms with E-state index in [1.165, 1.54) is 11.1 Å². The van der Waals surface area contributed by atoms with E-state index in [1.807, 2.05) is 26.0 Å². The Hall–Kier alpha value is -2.75. The molecule has 0 radical (unpaired) electrons. The molecule has 130 valence electrons. The standard InChI is InChI=1S/C21H24N2O2/c1-13(2)25-20-11-10-16(12-19(20)22)21(24)23-14(3)17-8-4-6-15-7-5-9-18(15)17/h4,6,8,10-13H,3,5,7,9,22H2,1-2H3,(H,23,24). The third-order valence-electron chi connectivity index (χ3n) is 4.37. The van der Waals surface area contributed by atoms with Gasteiger partial charge in [0.1, 0.15) is 5.75 Å². The first-order valence-electron chi connectivity index (χ1n) is 8.63. The number of aryl methyl sites for hydroxylation is 1. The van der Waals surface area contributed by atoms with Crippen LogP contribution in [0.4, 0.5) is 5.69 Å². The van der Waals surface area contributed by atoms with Crippen molar-refractivity contribution in [2.24, 2.45) is 0 Å². The Morgan fingerprint density at radius 1 is 1.24 bits per heavy atom. The molecule has 0 unspecified atom stereocenters. The quantitative estimate of drug-likeness (QED) is 0.813. The number of anilines is 1. The molecule has 4 heteroatoms. The van der Waals surface area contributed by atoms with Crippen molar-refractivity contribution in [3.05, 3.63) is 65.2 Å². The van der Waals surface area contributed by atoms with E-state index in [9.17, 15) is 4.79 Å². The number of rotatable bonds is 5. The molecule has 1 aliphatic rings. The number of ether oxygens (including phenoxy) is 1. The zero-order valence-corrected chi connectivity index (χ0v) is 14.8. The highest BCUT2D eigenvalue weighted by Crippen LogP contribution is 2.29. The van der Waals surface area contributed by atoms with Crippen molar-refractivity contribution in [3.8, 4) is 5.75 Å². The summed E-state index contributed by atoms with van der Waals surface area (Å²) in [5, 5.41) is 2.90. The third-order valence-corrected chi connectivity index (χ3v) is 4.37. The van der Waals surface area contributed by atoms with Crippen LogP contribution in [-0.2, 0) is 12.8 Å². The molecule has 1 amide bonds. The summed E-state index contributed by atoms with van der Waals surface area (Å²) in [6.45, 7) is 7.93. The van der Waals surface area contributed by atoms with Crippen molar-refractivity contribution in [2.45, 2.75) is 39.2 Å². The number of hydrogen-bond donors (Lipinski definition) is 2. The molecule has 4 nitrogen and oxygen atoms in total. The molecule has 0 saturated carbocycles. The second kappa shape index (κ2) is 7.01. The number of fused-ring (bicyclic) bond motifs is 1. The summed E-state index contributed by atoms with van der Waals surface area (Å²) in [4.78, 5) is 12.5. The molecule has 0 heterocycles. The molecule has 0 aliphatic heterocycles. The summed E-state index contributed by atoms with van der Waals surface area (Å²) in [5.41, 5.74) is 11.2. The summed E-state index contributed by atoms with van der Waals surface area (Å²) >= 11 is 0. The highest BCUT2D eigenvalue weighted by atomic mass is 16.5. The number of nitrogens with two attached hydrogens (primary N) is 1. The Morgan fingerprint density at radius 2 is 2.04 bits per heavy atom. The Bertz CT molecular complexity index is 825. The highest BCUT2D eigenvalue weighted by Gasteiger charge is 2.17. The van der Waals surface area contributed by atoms with Crippen LogP contribution in [0.3, 0.4) is 0 Å². The first kappa shape index (κ1) is 17.1. The van der Waals surface area contributed by atoms with Crippen LogP contribution >= 0.6 is 0 Å². The third kappa shape index (κ3) is 3.68. The Labute approximate surface area is 148 Å². The first-order chi connectivity index (χ1) is 12.0. The van der Waals surface area contributed by atoms with Gasteiger partial charge in [-0.15, -0.1) is 0 Å². The normalized spacial score (nSPS) is 12.8. The van der Waals surface area contributed by atoms with Crippen molar-refractivity contribution in [2.75, 3.05) is 5.73 Å². The summed E-state index contributed by atoms with van der Waals surface area (Å²) in [6.07, 6.45) is 3.32. The van der Waals surface area contributed by atoms with Gasteiger partial charge in [0.15, 0.2) is 0 Å². The molecule has 0 aromatic heterocycles. The fourth-order valence-electron chi connectivity index (χ4n) is 3.23. The monoisotopic (exact) mass is 336 g/mol. The van der Waals surface area contributed by atoms with Gasteiger partial charge in [-0.1, -0.05) is 24.8 Å². The summed E-state index contributed by atoms with van der Waals surface area (Å²) in [7, 11) is 0. The van der Waals surface area contributed by atoms with Gasteiger partial charge in [0.2, 0.25) is 0 Å². The number of amides is 1. The second-order valence-electron chi connectivity index (χ2n) is 6.65. The lowest BCUT2D eigenvalue weighted by molar-refractivity contribution is 0.0974. The molecule has 0 saturated heterocycles. The van der Waals surface area contributed by atoms with Crippen LogP contribution < -0.4 is 15.8 Å². The van der Waals surface area contributed by atoms with Crippen molar-refractivity contribution >= 4 is 17.3 Å². The Morgan fingerprint density at radius 3 is 2.76 bits per heavy atom. The van der Waals surface area contributed by atoms with E-state index in [1.54, 1.807) is 18.2 Å². The van der Waals surface area contributed by atoms with E-state index >= 15 is 0 Å². The lowest BCUT2D eigenvalue weighted by Gasteiger charge is -2.15. The molecule has 3 N–H and O–H groups in total. The van der Waals surface area contributed by atoms with Gasteiger partial charge in [0, 0.05) is 16.8 Å². The van der Waals surface area contributed by atoms with Crippen LogP contribution in [0.5, 0.6) is 5.75 Å². The molecule has 0 spiro atoms. The van der Waals surface area contributed by atoms with Crippen molar-refractivity contribution in [3.63, 3.8) is 0 Å². The van der Waals surface area contributed by atoms with Crippen LogP contribution in [0.25, 0.3) is 5.70 Å². The predicted molar refractivity (Wildman–Crippen MR) is 102 cm³/mol. The van der Waals surface area contributed by atoms with Gasteiger partial charge in [-0.25, -0.2) is 0 Å². The number of carbonyl (C=O) groups is 1. The summed E-state index contributed by atoms with van der Waals surface area (Å²) in [5.74, 6) is 0.370. The topological polar surface area (TPSA) is 64.3 Å². The van der Waals surface area contributed by atoms with Crippen LogP contribution in [0.15, 0.2) is 43.0 Å². The van der Waals surface area contributed by atoms with Gasteiger partial charge < -0.3 is 15.8 Å². The van der Waals surface area contributed by atoms with E-state index < -0.39 is 0 Å².